The van der Waals surface area contributed by atoms with Crippen LogP contribution in [0.3, 0.4) is 0 Å². The first kappa shape index (κ1) is 57.9. The van der Waals surface area contributed by atoms with Crippen molar-refractivity contribution in [2.75, 3.05) is 54.1 Å². The van der Waals surface area contributed by atoms with E-state index in [-0.39, 0.29) is 32.2 Å². The molecule has 0 amide bonds. The van der Waals surface area contributed by atoms with Crippen LogP contribution in [0.1, 0.15) is 142 Å². The number of hydrogen-bond donors (Lipinski definition) is 1. The normalized spacial score (nSPS) is 14.8. The highest BCUT2D eigenvalue weighted by Crippen LogP contribution is 2.43. The van der Waals surface area contributed by atoms with Gasteiger partial charge in [0.05, 0.1) is 34.4 Å². The smallest absolute Gasteiger partial charge is 0.457 e. The summed E-state index contributed by atoms with van der Waals surface area (Å²) in [4.78, 5) is 22.9. The number of carbonyl (C=O) groups is 1. The highest BCUT2D eigenvalue weighted by molar-refractivity contribution is 7.47. The standard InChI is InChI=1S/C52H86NO7P/c1-6-8-10-12-14-16-18-20-22-24-25-26-27-28-30-32-34-36-38-40-42-44-47-57-49-51(50-59-61(55,56)58-48-46-53(3,4)5)60-52(54)45-43-41-39-37-35-33-31-29-23-21-19-17-15-13-11-9-7-2/h8-11,14-17,20-23,25-26,28,30-31,33-34,36,51H,6-7,12-13,18-19,24,27,29,32,35,37-50H2,1-5H3/p+1/b10-8-,11-9-,16-14-,17-15-,22-20-,23-21-,26-25-,30-28-,33-31-,36-34-. The number of esters is 1. The number of quaternary nitrogens is 1. The molecular formula is C52H87NO7P+. The highest BCUT2D eigenvalue weighted by Gasteiger charge is 2.26. The van der Waals surface area contributed by atoms with Gasteiger partial charge in [-0.2, -0.15) is 0 Å². The van der Waals surface area contributed by atoms with Crippen molar-refractivity contribution in [2.24, 2.45) is 0 Å². The molecular weight excluding hydrogens is 782 g/mol. The van der Waals surface area contributed by atoms with Crippen LogP contribution in [-0.2, 0) is 27.9 Å². The van der Waals surface area contributed by atoms with E-state index in [2.05, 4.69) is 135 Å². The maximum absolute atomic E-state index is 12.7. The number of rotatable bonds is 41. The third kappa shape index (κ3) is 47.8. The van der Waals surface area contributed by atoms with Crippen molar-refractivity contribution in [1.82, 2.24) is 0 Å². The second-order valence-corrected chi connectivity index (χ2v) is 17.5. The zero-order valence-corrected chi connectivity index (χ0v) is 40.0. The molecule has 0 rings (SSSR count). The lowest BCUT2D eigenvalue weighted by Crippen LogP contribution is -2.37. The lowest BCUT2D eigenvalue weighted by Gasteiger charge is -2.24. The number of carbonyl (C=O) groups excluding carboxylic acids is 1. The number of phosphoric ester groups is 1. The average molecular weight is 869 g/mol. The van der Waals surface area contributed by atoms with E-state index < -0.39 is 13.9 Å². The van der Waals surface area contributed by atoms with E-state index in [9.17, 15) is 14.3 Å². The van der Waals surface area contributed by atoms with Gasteiger partial charge in [-0.1, -0.05) is 155 Å². The summed E-state index contributed by atoms with van der Waals surface area (Å²) < 4.78 is 35.0. The molecule has 0 bridgehead atoms. The van der Waals surface area contributed by atoms with Crippen molar-refractivity contribution in [3.8, 4) is 0 Å². The Morgan fingerprint density at radius 1 is 0.508 bits per heavy atom. The summed E-state index contributed by atoms with van der Waals surface area (Å²) in [6, 6.07) is 0. The Balaban J connectivity index is 4.36. The number of nitrogens with zero attached hydrogens (tertiary/aromatic N) is 1. The Labute approximate surface area is 373 Å². The van der Waals surface area contributed by atoms with Crippen molar-refractivity contribution in [1.29, 1.82) is 0 Å². The van der Waals surface area contributed by atoms with Gasteiger partial charge < -0.3 is 18.9 Å². The maximum atomic E-state index is 12.7. The molecule has 8 nitrogen and oxygen atoms in total. The topological polar surface area (TPSA) is 91.3 Å². The molecule has 0 fully saturated rings. The summed E-state index contributed by atoms with van der Waals surface area (Å²) >= 11 is 0. The Morgan fingerprint density at radius 2 is 0.902 bits per heavy atom. The third-order valence-corrected chi connectivity index (χ3v) is 10.0. The Morgan fingerprint density at radius 3 is 1.33 bits per heavy atom. The number of likely N-dealkylation sites (N-methyl/N-ethyl adjacent to an activating group) is 1. The fourth-order valence-corrected chi connectivity index (χ4v) is 6.23. The molecule has 0 spiro atoms. The fourth-order valence-electron chi connectivity index (χ4n) is 5.49. The number of phosphoric acid groups is 1. The quantitative estimate of drug-likeness (QED) is 0.0215. The van der Waals surface area contributed by atoms with Gasteiger partial charge in [-0.3, -0.25) is 13.8 Å². The van der Waals surface area contributed by atoms with E-state index in [0.717, 1.165) is 122 Å². The minimum Gasteiger partial charge on any atom is -0.457 e. The van der Waals surface area contributed by atoms with Gasteiger partial charge in [-0.15, -0.1) is 0 Å². The molecule has 9 heteroatoms. The summed E-state index contributed by atoms with van der Waals surface area (Å²) in [6.45, 7) is 5.23. The van der Waals surface area contributed by atoms with Gasteiger partial charge in [-0.25, -0.2) is 4.57 Å². The molecule has 61 heavy (non-hydrogen) atoms. The Bertz CT molecular complexity index is 1380. The molecule has 0 aromatic rings. The summed E-state index contributed by atoms with van der Waals surface area (Å²) in [6.07, 6.45) is 62.4. The van der Waals surface area contributed by atoms with Crippen LogP contribution in [0.2, 0.25) is 0 Å². The van der Waals surface area contributed by atoms with Crippen molar-refractivity contribution in [3.63, 3.8) is 0 Å². The lowest BCUT2D eigenvalue weighted by molar-refractivity contribution is -0.870. The summed E-state index contributed by atoms with van der Waals surface area (Å²) in [7, 11) is 1.60. The van der Waals surface area contributed by atoms with Crippen molar-refractivity contribution >= 4 is 13.8 Å². The minimum absolute atomic E-state index is 0.0685. The van der Waals surface area contributed by atoms with Gasteiger partial charge in [0.1, 0.15) is 19.3 Å². The van der Waals surface area contributed by atoms with Crippen LogP contribution in [0.4, 0.5) is 0 Å². The first-order valence-electron chi connectivity index (χ1n) is 23.3. The Hall–Kier alpha value is -3.10. The predicted molar refractivity (Wildman–Crippen MR) is 260 cm³/mol. The fraction of sp³-hybridized carbons (Fsp3) is 0.596. The number of hydrogen-bond acceptors (Lipinski definition) is 6. The van der Waals surface area contributed by atoms with Gasteiger partial charge in [-0.05, 0) is 103 Å². The number of ether oxygens (including phenoxy) is 2. The summed E-state index contributed by atoms with van der Waals surface area (Å²) in [5.74, 6) is -0.355. The summed E-state index contributed by atoms with van der Waals surface area (Å²) in [5, 5.41) is 0. The highest BCUT2D eigenvalue weighted by atomic mass is 31.2. The molecule has 346 valence electrons. The second-order valence-electron chi connectivity index (χ2n) is 16.0. The molecule has 0 aliphatic carbocycles. The van der Waals surface area contributed by atoms with Crippen molar-refractivity contribution < 1.29 is 37.3 Å². The van der Waals surface area contributed by atoms with E-state index in [1.807, 2.05) is 21.1 Å². The molecule has 0 aliphatic rings. The first-order valence-corrected chi connectivity index (χ1v) is 24.8. The van der Waals surface area contributed by atoms with Crippen LogP contribution in [0.5, 0.6) is 0 Å². The van der Waals surface area contributed by atoms with Gasteiger partial charge in [0.2, 0.25) is 0 Å². The maximum Gasteiger partial charge on any atom is 0.472 e. The van der Waals surface area contributed by atoms with Crippen LogP contribution < -0.4 is 0 Å². The van der Waals surface area contributed by atoms with Crippen molar-refractivity contribution in [3.05, 3.63) is 122 Å². The van der Waals surface area contributed by atoms with E-state index >= 15 is 0 Å². The van der Waals surface area contributed by atoms with E-state index in [0.29, 0.717) is 17.6 Å². The molecule has 0 aromatic heterocycles. The molecule has 1 N–H and O–H groups in total. The Kier molecular flexibility index (Phi) is 41.3. The molecule has 0 aromatic carbocycles. The zero-order valence-electron chi connectivity index (χ0n) is 39.1. The monoisotopic (exact) mass is 869 g/mol. The molecule has 2 atom stereocenters. The van der Waals surface area contributed by atoms with Crippen LogP contribution in [-0.4, -0.2) is 75.6 Å². The number of unbranched alkanes of at least 4 members (excludes halogenated alkanes) is 7. The van der Waals surface area contributed by atoms with Crippen molar-refractivity contribution in [2.45, 2.75) is 148 Å². The third-order valence-electron chi connectivity index (χ3n) is 9.02. The summed E-state index contributed by atoms with van der Waals surface area (Å²) in [5.41, 5.74) is 0. The molecule has 0 heterocycles. The minimum atomic E-state index is -4.30. The molecule has 0 saturated heterocycles. The molecule has 2 unspecified atom stereocenters. The lowest BCUT2D eigenvalue weighted by atomic mass is 10.1. The molecule has 0 radical (unpaired) electrons. The van der Waals surface area contributed by atoms with E-state index in [1.54, 1.807) is 0 Å². The zero-order chi connectivity index (χ0) is 44.8. The van der Waals surface area contributed by atoms with E-state index in [1.165, 1.54) is 0 Å². The van der Waals surface area contributed by atoms with Crippen LogP contribution >= 0.6 is 7.82 Å². The van der Waals surface area contributed by atoms with Gasteiger partial charge >= 0.3 is 13.8 Å². The van der Waals surface area contributed by atoms with Gasteiger partial charge in [0.15, 0.2) is 0 Å². The second kappa shape index (κ2) is 43.5. The molecule has 0 aliphatic heterocycles. The van der Waals surface area contributed by atoms with Crippen LogP contribution in [0, 0.1) is 0 Å². The van der Waals surface area contributed by atoms with Crippen LogP contribution in [0.15, 0.2) is 122 Å². The van der Waals surface area contributed by atoms with Gasteiger partial charge in [0, 0.05) is 13.0 Å². The van der Waals surface area contributed by atoms with E-state index in [4.69, 9.17) is 18.5 Å². The average Bonchev–Trinajstić information content (AvgIpc) is 3.22. The predicted octanol–water partition coefficient (Wildman–Crippen LogP) is 14.2. The van der Waals surface area contributed by atoms with Gasteiger partial charge in [0.25, 0.3) is 0 Å². The molecule has 0 saturated carbocycles. The largest absolute Gasteiger partial charge is 0.472 e. The van der Waals surface area contributed by atoms with Crippen LogP contribution in [0.25, 0.3) is 0 Å². The SMILES string of the molecule is CC/C=C\C/C=C\C/C=C\C/C=C\C/C=C\C/C=C\CCCCCOCC(COP(=O)(O)OCC[N+](C)(C)C)OC(=O)CCCCCC/C=C\C/C=C\C/C=C\C/C=C\CC. The first-order chi connectivity index (χ1) is 29.6. The number of allylic oxidation sites excluding steroid dienone is 20.